The molecule has 0 N–H and O–H groups in total. The summed E-state index contributed by atoms with van der Waals surface area (Å²) in [5, 5.41) is 2.35. The van der Waals surface area contributed by atoms with Crippen LogP contribution in [0, 0.1) is 0 Å². The molecule has 0 bridgehead atoms. The molecule has 0 spiro atoms. The zero-order chi connectivity index (χ0) is 31.4. The molecule has 3 nitrogen and oxygen atoms in total. The highest BCUT2D eigenvalue weighted by molar-refractivity contribution is 6.05. The van der Waals surface area contributed by atoms with E-state index < -0.39 is 0 Å². The fourth-order valence-corrected chi connectivity index (χ4v) is 7.46. The molecule has 1 atom stereocenters. The van der Waals surface area contributed by atoms with E-state index in [9.17, 15) is 0 Å². The number of fused-ring (bicyclic) bond motifs is 7. The molecule has 0 aliphatic heterocycles. The Morgan fingerprint density at radius 3 is 1.91 bits per heavy atom. The quantitative estimate of drug-likeness (QED) is 0.201. The number of nitrogens with zero attached hydrogens (tertiary/aromatic N) is 3. The molecule has 6 aromatic carbocycles. The van der Waals surface area contributed by atoms with Gasteiger partial charge in [0.05, 0.1) is 0 Å². The Labute approximate surface area is 274 Å². The van der Waals surface area contributed by atoms with Crippen molar-refractivity contribution in [1.82, 2.24) is 15.0 Å². The van der Waals surface area contributed by atoms with Gasteiger partial charge >= 0.3 is 0 Å². The minimum Gasteiger partial charge on any atom is -0.208 e. The minimum atomic E-state index is -0.0446. The van der Waals surface area contributed by atoms with Gasteiger partial charge in [-0.2, -0.15) is 0 Å². The highest BCUT2D eigenvalue weighted by atomic mass is 15.0. The van der Waals surface area contributed by atoms with Crippen LogP contribution in [0.4, 0.5) is 0 Å². The lowest BCUT2D eigenvalue weighted by Crippen LogP contribution is -2.28. The number of hydrogen-bond acceptors (Lipinski definition) is 3. The van der Waals surface area contributed by atoms with Gasteiger partial charge in [-0.25, -0.2) is 15.0 Å². The Hall–Kier alpha value is -5.93. The molecule has 1 unspecified atom stereocenters. The molecule has 3 heteroatoms. The number of allylic oxidation sites excluding steroid dienone is 4. The molecule has 0 fully saturated rings. The molecule has 1 heterocycles. The topological polar surface area (TPSA) is 38.7 Å². The summed E-state index contributed by atoms with van der Waals surface area (Å²) in [5.41, 5.74) is 11.8. The van der Waals surface area contributed by atoms with Crippen molar-refractivity contribution in [3.05, 3.63) is 169 Å². The van der Waals surface area contributed by atoms with Gasteiger partial charge in [0, 0.05) is 27.7 Å². The van der Waals surface area contributed by atoms with Crippen LogP contribution in [0.25, 0.3) is 72.8 Å². The predicted molar refractivity (Wildman–Crippen MR) is 194 cm³/mol. The number of rotatable bonds is 4. The van der Waals surface area contributed by atoms with Gasteiger partial charge in [0.15, 0.2) is 17.5 Å². The first-order chi connectivity index (χ1) is 23.2. The lowest BCUT2D eigenvalue weighted by Gasteiger charge is -2.41. The molecule has 47 heavy (non-hydrogen) atoms. The van der Waals surface area contributed by atoms with Gasteiger partial charge in [-0.05, 0) is 62.7 Å². The highest BCUT2D eigenvalue weighted by Gasteiger charge is 2.39. The molecule has 9 rings (SSSR count). The van der Waals surface area contributed by atoms with Crippen molar-refractivity contribution in [3.8, 4) is 56.4 Å². The molecule has 0 amide bonds. The fourth-order valence-electron chi connectivity index (χ4n) is 7.46. The van der Waals surface area contributed by atoms with Crippen molar-refractivity contribution in [1.29, 1.82) is 0 Å². The van der Waals surface area contributed by atoms with Crippen LogP contribution >= 0.6 is 0 Å². The third-order valence-corrected chi connectivity index (χ3v) is 9.80. The summed E-state index contributed by atoms with van der Waals surface area (Å²) in [6.45, 7) is 2.39. The molecule has 7 aromatic rings. The van der Waals surface area contributed by atoms with Crippen molar-refractivity contribution in [2.24, 2.45) is 0 Å². The van der Waals surface area contributed by atoms with Crippen LogP contribution in [0.2, 0.25) is 0 Å². The van der Waals surface area contributed by atoms with Crippen LogP contribution in [0.15, 0.2) is 158 Å². The van der Waals surface area contributed by atoms with Crippen LogP contribution in [-0.4, -0.2) is 15.0 Å². The van der Waals surface area contributed by atoms with Gasteiger partial charge < -0.3 is 0 Å². The first kappa shape index (κ1) is 27.4. The lowest BCUT2D eigenvalue weighted by atomic mass is 9.62. The van der Waals surface area contributed by atoms with E-state index in [0.29, 0.717) is 17.5 Å². The van der Waals surface area contributed by atoms with Crippen molar-refractivity contribution in [2.45, 2.75) is 18.8 Å². The van der Waals surface area contributed by atoms with E-state index in [1.165, 1.54) is 38.6 Å². The highest BCUT2D eigenvalue weighted by Crippen LogP contribution is 2.54. The van der Waals surface area contributed by atoms with E-state index in [1.54, 1.807) is 0 Å². The maximum absolute atomic E-state index is 5.14. The second-order valence-electron chi connectivity index (χ2n) is 12.6. The zero-order valence-corrected chi connectivity index (χ0v) is 26.1. The van der Waals surface area contributed by atoms with E-state index in [1.807, 2.05) is 36.4 Å². The van der Waals surface area contributed by atoms with Crippen LogP contribution in [-0.2, 0) is 5.41 Å². The minimum absolute atomic E-state index is 0.0446. The largest absolute Gasteiger partial charge is 0.208 e. The smallest absolute Gasteiger partial charge is 0.164 e. The van der Waals surface area contributed by atoms with Crippen LogP contribution in [0.5, 0.6) is 0 Å². The Morgan fingerprint density at radius 2 is 1.15 bits per heavy atom. The molecular formula is C44H31N3. The fraction of sp³-hybridized carbons (Fsp3) is 0.0682. The first-order valence-electron chi connectivity index (χ1n) is 16.2. The van der Waals surface area contributed by atoms with Crippen LogP contribution < -0.4 is 0 Å². The molecular weight excluding hydrogens is 571 g/mol. The van der Waals surface area contributed by atoms with E-state index in [-0.39, 0.29) is 5.41 Å². The predicted octanol–water partition coefficient (Wildman–Crippen LogP) is 11.0. The third-order valence-electron chi connectivity index (χ3n) is 9.80. The molecule has 1 aromatic heterocycles. The zero-order valence-electron chi connectivity index (χ0n) is 26.1. The number of hydrogen-bond donors (Lipinski definition) is 0. The van der Waals surface area contributed by atoms with Gasteiger partial charge in [0.1, 0.15) is 0 Å². The Bertz CT molecular complexity index is 2330. The average Bonchev–Trinajstić information content (AvgIpc) is 3.15. The SMILES string of the molecule is CC12CC=CC=C1c1ccc(-c3c(-c4nc(-c5ccccc5)nc(-c5ccccc5)n4)ccc4ccccc34)cc1-c1ccccc12. The van der Waals surface area contributed by atoms with Gasteiger partial charge in [0.25, 0.3) is 0 Å². The van der Waals surface area contributed by atoms with Crippen molar-refractivity contribution < 1.29 is 0 Å². The molecule has 222 valence electrons. The lowest BCUT2D eigenvalue weighted by molar-refractivity contribution is 0.618. The standard InChI is InChI=1S/C44H31N3/c1-44-27-13-12-22-39(44)35-25-24-32(28-37(35)34-20-10-11-21-38(34)44)40-33-19-9-8-14-29(33)23-26-36(40)43-46-41(30-15-4-2-5-16-30)45-42(47-43)31-17-6-3-7-18-31/h2-26,28H,27H2,1H3. The Morgan fingerprint density at radius 1 is 0.511 bits per heavy atom. The summed E-state index contributed by atoms with van der Waals surface area (Å²) in [5.74, 6) is 1.97. The molecule has 2 aliphatic carbocycles. The van der Waals surface area contributed by atoms with Gasteiger partial charge in [0.2, 0.25) is 0 Å². The molecule has 0 saturated heterocycles. The summed E-state index contributed by atoms with van der Waals surface area (Å²) in [7, 11) is 0. The Balaban J connectivity index is 1.31. The van der Waals surface area contributed by atoms with Gasteiger partial charge in [-0.3, -0.25) is 0 Å². The van der Waals surface area contributed by atoms with Gasteiger partial charge in [-0.15, -0.1) is 0 Å². The third kappa shape index (κ3) is 4.46. The average molecular weight is 602 g/mol. The molecule has 0 radical (unpaired) electrons. The summed E-state index contributed by atoms with van der Waals surface area (Å²) < 4.78 is 0. The summed E-state index contributed by atoms with van der Waals surface area (Å²) in [4.78, 5) is 15.2. The summed E-state index contributed by atoms with van der Waals surface area (Å²) in [6, 6.07) is 49.2. The van der Waals surface area contributed by atoms with Crippen molar-refractivity contribution in [3.63, 3.8) is 0 Å². The number of benzene rings is 6. The van der Waals surface area contributed by atoms with E-state index in [4.69, 9.17) is 15.0 Å². The second kappa shape index (κ2) is 10.9. The monoisotopic (exact) mass is 601 g/mol. The Kier molecular flexibility index (Phi) is 6.32. The second-order valence-corrected chi connectivity index (χ2v) is 12.6. The van der Waals surface area contributed by atoms with Crippen LogP contribution in [0.3, 0.4) is 0 Å². The van der Waals surface area contributed by atoms with Crippen molar-refractivity contribution in [2.75, 3.05) is 0 Å². The summed E-state index contributed by atoms with van der Waals surface area (Å²) in [6.07, 6.45) is 7.81. The van der Waals surface area contributed by atoms with E-state index >= 15 is 0 Å². The normalized spacial score (nSPS) is 16.2. The van der Waals surface area contributed by atoms with E-state index in [0.717, 1.165) is 34.2 Å². The summed E-state index contributed by atoms with van der Waals surface area (Å²) >= 11 is 0. The molecule has 0 saturated carbocycles. The van der Waals surface area contributed by atoms with E-state index in [2.05, 4.69) is 128 Å². The van der Waals surface area contributed by atoms with Gasteiger partial charge in [-0.1, -0.05) is 153 Å². The van der Waals surface area contributed by atoms with Crippen LogP contribution in [0.1, 0.15) is 24.5 Å². The number of aromatic nitrogens is 3. The molecule has 2 aliphatic rings. The first-order valence-corrected chi connectivity index (χ1v) is 16.2. The van der Waals surface area contributed by atoms with Crippen molar-refractivity contribution >= 4 is 16.3 Å². The maximum atomic E-state index is 5.14. The maximum Gasteiger partial charge on any atom is 0.164 e.